The van der Waals surface area contributed by atoms with Crippen LogP contribution < -0.4 is 5.32 Å². The van der Waals surface area contributed by atoms with Gasteiger partial charge >= 0.3 is 0 Å². The lowest BCUT2D eigenvalue weighted by Gasteiger charge is -2.54. The summed E-state index contributed by atoms with van der Waals surface area (Å²) in [5.74, 6) is 3.56. The number of nitro groups is 1. The van der Waals surface area contributed by atoms with Gasteiger partial charge in [0.2, 0.25) is 0 Å². The molecule has 4 bridgehead atoms. The summed E-state index contributed by atoms with van der Waals surface area (Å²) in [5.41, 5.74) is 1.06. The quantitative estimate of drug-likeness (QED) is 0.680. The molecule has 4 heteroatoms. The molecule has 0 atom stereocenters. The van der Waals surface area contributed by atoms with E-state index in [0.717, 1.165) is 29.2 Å². The van der Waals surface area contributed by atoms with Crippen LogP contribution in [-0.2, 0) is 6.54 Å². The Morgan fingerprint density at radius 3 is 2.29 bits per heavy atom. The van der Waals surface area contributed by atoms with Gasteiger partial charge in [0.1, 0.15) is 0 Å². The van der Waals surface area contributed by atoms with Crippen LogP contribution in [0.15, 0.2) is 24.3 Å². The fraction of sp³-hybridized carbons (Fsp3) is 0.647. The minimum atomic E-state index is -0.270. The molecule has 0 spiro atoms. The molecule has 0 saturated heterocycles. The lowest BCUT2D eigenvalue weighted by Crippen LogP contribution is -2.54. The van der Waals surface area contributed by atoms with E-state index in [1.165, 1.54) is 32.1 Å². The van der Waals surface area contributed by atoms with Crippen molar-refractivity contribution in [3.8, 4) is 0 Å². The molecule has 4 aliphatic rings. The van der Waals surface area contributed by atoms with Gasteiger partial charge in [-0.2, -0.15) is 0 Å². The number of nitrogens with zero attached hydrogens (tertiary/aromatic N) is 1. The second kappa shape index (κ2) is 5.09. The molecule has 0 aromatic heterocycles. The summed E-state index contributed by atoms with van der Waals surface area (Å²) in [6, 6.07) is 7.69. The van der Waals surface area contributed by atoms with Crippen molar-refractivity contribution in [1.82, 2.24) is 5.32 Å². The van der Waals surface area contributed by atoms with Crippen LogP contribution in [0.25, 0.3) is 0 Å². The molecular weight excluding hydrogens is 264 g/mol. The normalized spacial score (nSPS) is 36.9. The van der Waals surface area contributed by atoms with Gasteiger partial charge in [0.05, 0.1) is 4.92 Å². The molecule has 0 aliphatic heterocycles. The van der Waals surface area contributed by atoms with Crippen molar-refractivity contribution in [1.29, 1.82) is 0 Å². The van der Waals surface area contributed by atoms with Crippen LogP contribution in [0.4, 0.5) is 5.69 Å². The molecule has 1 aromatic carbocycles. The Morgan fingerprint density at radius 2 is 1.67 bits per heavy atom. The molecule has 1 aromatic rings. The van der Waals surface area contributed by atoms with Gasteiger partial charge in [-0.3, -0.25) is 10.1 Å². The number of para-hydroxylation sites is 1. The maximum atomic E-state index is 11.1. The third kappa shape index (κ3) is 2.35. The van der Waals surface area contributed by atoms with E-state index < -0.39 is 0 Å². The van der Waals surface area contributed by atoms with Crippen molar-refractivity contribution < 1.29 is 4.92 Å². The largest absolute Gasteiger partial charge is 0.309 e. The minimum Gasteiger partial charge on any atom is -0.309 e. The standard InChI is InChI=1S/C17H22N2O2/c20-19(21)16-4-2-1-3-13(16)10-18-17-14-6-11-5-12(8-14)9-15(17)7-11/h1-4,11-12,14-15,17-18H,5-10H2. The average Bonchev–Trinajstić information content (AvgIpc) is 2.46. The second-order valence-electron chi connectivity index (χ2n) is 7.22. The average molecular weight is 286 g/mol. The van der Waals surface area contributed by atoms with Gasteiger partial charge in [0.25, 0.3) is 5.69 Å². The highest BCUT2D eigenvalue weighted by molar-refractivity contribution is 5.39. The summed E-state index contributed by atoms with van der Waals surface area (Å²) in [4.78, 5) is 10.8. The molecule has 1 N–H and O–H groups in total. The summed E-state index contributed by atoms with van der Waals surface area (Å²) in [6.07, 6.45) is 6.97. The summed E-state index contributed by atoms with van der Waals surface area (Å²) < 4.78 is 0. The zero-order chi connectivity index (χ0) is 14.4. The van der Waals surface area contributed by atoms with E-state index in [9.17, 15) is 10.1 Å². The maximum Gasteiger partial charge on any atom is 0.273 e. The SMILES string of the molecule is O=[N+]([O-])c1ccccc1CNC1C2CC3CC(C2)CC1C3. The maximum absolute atomic E-state index is 11.1. The van der Waals surface area contributed by atoms with E-state index in [1.54, 1.807) is 12.1 Å². The van der Waals surface area contributed by atoms with Crippen LogP contribution in [0.3, 0.4) is 0 Å². The van der Waals surface area contributed by atoms with Crippen molar-refractivity contribution in [3.63, 3.8) is 0 Å². The predicted molar refractivity (Wildman–Crippen MR) is 80.8 cm³/mol. The van der Waals surface area contributed by atoms with Crippen LogP contribution in [0.5, 0.6) is 0 Å². The summed E-state index contributed by atoms with van der Waals surface area (Å²) in [7, 11) is 0. The summed E-state index contributed by atoms with van der Waals surface area (Å²) in [5, 5.41) is 14.8. The number of hydrogen-bond acceptors (Lipinski definition) is 3. The Labute approximate surface area is 125 Å². The van der Waals surface area contributed by atoms with Gasteiger partial charge in [-0.1, -0.05) is 18.2 Å². The summed E-state index contributed by atoms with van der Waals surface area (Å²) in [6.45, 7) is 0.629. The third-order valence-corrected chi connectivity index (χ3v) is 5.94. The number of nitro benzene ring substituents is 1. The van der Waals surface area contributed by atoms with E-state index in [1.807, 2.05) is 12.1 Å². The Morgan fingerprint density at radius 1 is 1.05 bits per heavy atom. The van der Waals surface area contributed by atoms with Crippen LogP contribution >= 0.6 is 0 Å². The molecular formula is C17H22N2O2. The van der Waals surface area contributed by atoms with Crippen LogP contribution in [-0.4, -0.2) is 11.0 Å². The first-order valence-electron chi connectivity index (χ1n) is 8.16. The molecule has 0 unspecified atom stereocenters. The van der Waals surface area contributed by atoms with Crippen molar-refractivity contribution in [2.75, 3.05) is 0 Å². The van der Waals surface area contributed by atoms with Gasteiger partial charge < -0.3 is 5.32 Å². The Balaban J connectivity index is 1.47. The first-order chi connectivity index (χ1) is 10.2. The zero-order valence-corrected chi connectivity index (χ0v) is 12.2. The number of rotatable bonds is 4. The van der Waals surface area contributed by atoms with E-state index in [0.29, 0.717) is 12.6 Å². The van der Waals surface area contributed by atoms with Gasteiger partial charge in [0.15, 0.2) is 0 Å². The predicted octanol–water partition coefficient (Wildman–Crippen LogP) is 3.51. The van der Waals surface area contributed by atoms with Crippen molar-refractivity contribution in [3.05, 3.63) is 39.9 Å². The fourth-order valence-electron chi connectivity index (χ4n) is 5.32. The number of nitrogens with one attached hydrogen (secondary N) is 1. The lowest BCUT2D eigenvalue weighted by molar-refractivity contribution is -0.385. The van der Waals surface area contributed by atoms with Crippen molar-refractivity contribution >= 4 is 5.69 Å². The molecule has 4 aliphatic carbocycles. The molecule has 4 fully saturated rings. The molecule has 112 valence electrons. The van der Waals surface area contributed by atoms with Crippen molar-refractivity contribution in [2.24, 2.45) is 23.7 Å². The van der Waals surface area contributed by atoms with E-state index >= 15 is 0 Å². The van der Waals surface area contributed by atoms with E-state index in [4.69, 9.17) is 0 Å². The van der Waals surface area contributed by atoms with E-state index in [2.05, 4.69) is 5.32 Å². The van der Waals surface area contributed by atoms with Gasteiger partial charge in [-0.15, -0.1) is 0 Å². The molecule has 5 rings (SSSR count). The molecule has 0 heterocycles. The highest BCUT2D eigenvalue weighted by Crippen LogP contribution is 2.53. The zero-order valence-electron chi connectivity index (χ0n) is 12.2. The Kier molecular flexibility index (Phi) is 3.21. The van der Waals surface area contributed by atoms with Crippen LogP contribution in [0.1, 0.15) is 37.7 Å². The molecule has 0 amide bonds. The monoisotopic (exact) mass is 286 g/mol. The molecule has 21 heavy (non-hydrogen) atoms. The second-order valence-corrected chi connectivity index (χ2v) is 7.22. The Hall–Kier alpha value is -1.42. The van der Waals surface area contributed by atoms with Crippen LogP contribution in [0.2, 0.25) is 0 Å². The number of benzene rings is 1. The highest BCUT2D eigenvalue weighted by Gasteiger charge is 2.47. The molecule has 4 saturated carbocycles. The smallest absolute Gasteiger partial charge is 0.273 e. The van der Waals surface area contributed by atoms with Crippen LogP contribution in [0, 0.1) is 33.8 Å². The highest BCUT2D eigenvalue weighted by atomic mass is 16.6. The third-order valence-electron chi connectivity index (χ3n) is 5.94. The van der Waals surface area contributed by atoms with Gasteiger partial charge in [0, 0.05) is 24.2 Å². The molecule has 4 nitrogen and oxygen atoms in total. The first-order valence-corrected chi connectivity index (χ1v) is 8.16. The topological polar surface area (TPSA) is 55.2 Å². The lowest BCUT2D eigenvalue weighted by atomic mass is 9.54. The van der Waals surface area contributed by atoms with Gasteiger partial charge in [-0.25, -0.2) is 0 Å². The van der Waals surface area contributed by atoms with Crippen molar-refractivity contribution in [2.45, 2.75) is 44.7 Å². The summed E-state index contributed by atoms with van der Waals surface area (Å²) >= 11 is 0. The fourth-order valence-corrected chi connectivity index (χ4v) is 5.32. The first kappa shape index (κ1) is 13.3. The Bertz CT molecular complexity index is 529. The molecule has 0 radical (unpaired) electrons. The minimum absolute atomic E-state index is 0.244. The van der Waals surface area contributed by atoms with Gasteiger partial charge in [-0.05, 0) is 55.8 Å². The number of hydrogen-bond donors (Lipinski definition) is 1. The van der Waals surface area contributed by atoms with E-state index in [-0.39, 0.29) is 10.6 Å².